The maximum absolute atomic E-state index is 8.77. The van der Waals surface area contributed by atoms with Gasteiger partial charge in [-0.15, -0.1) is 0 Å². The van der Waals surface area contributed by atoms with E-state index in [-0.39, 0.29) is 11.8 Å². The molecule has 6 nitrogen and oxygen atoms in total. The summed E-state index contributed by atoms with van der Waals surface area (Å²) in [6.45, 7) is 0. The van der Waals surface area contributed by atoms with E-state index in [1.807, 2.05) is 24.3 Å². The fourth-order valence-corrected chi connectivity index (χ4v) is 4.42. The second kappa shape index (κ2) is 5.39. The zero-order valence-corrected chi connectivity index (χ0v) is 13.6. The first-order chi connectivity index (χ1) is 12.8. The van der Waals surface area contributed by atoms with E-state index >= 15 is 0 Å². The molecule has 0 saturated carbocycles. The Hall–Kier alpha value is -3.72. The highest BCUT2D eigenvalue weighted by Gasteiger charge is 2.41. The molecule has 3 aromatic carbocycles. The van der Waals surface area contributed by atoms with Crippen LogP contribution in [0.2, 0.25) is 0 Å². The molecule has 0 radical (unpaired) electrons. The van der Waals surface area contributed by atoms with Gasteiger partial charge in [0.1, 0.15) is 0 Å². The lowest BCUT2D eigenvalue weighted by Gasteiger charge is -2.42. The van der Waals surface area contributed by atoms with Crippen molar-refractivity contribution < 1.29 is 0 Å². The Balaban J connectivity index is 1.82. The molecule has 26 heavy (non-hydrogen) atoms. The lowest BCUT2D eigenvalue weighted by atomic mass is 9.61. The van der Waals surface area contributed by atoms with E-state index in [0.29, 0.717) is 11.4 Å². The second-order valence-electron chi connectivity index (χ2n) is 6.50. The van der Waals surface area contributed by atoms with Crippen LogP contribution in [0.3, 0.4) is 0 Å². The van der Waals surface area contributed by atoms with Crippen molar-refractivity contribution in [3.05, 3.63) is 115 Å². The molecule has 3 aliphatic rings. The number of rotatable bonds is 2. The lowest BCUT2D eigenvalue weighted by Crippen LogP contribution is -2.27. The summed E-state index contributed by atoms with van der Waals surface area (Å²) < 4.78 is 0. The monoisotopic (exact) mass is 336 g/mol. The van der Waals surface area contributed by atoms with Gasteiger partial charge in [-0.3, -0.25) is 0 Å². The average molecular weight is 336 g/mol. The first kappa shape index (κ1) is 14.6. The third kappa shape index (κ3) is 1.88. The summed E-state index contributed by atoms with van der Waals surface area (Å²) in [6.07, 6.45) is 0. The predicted molar refractivity (Wildman–Crippen MR) is 98.8 cm³/mol. The minimum absolute atomic E-state index is 0.0927. The molecule has 6 rings (SSSR count). The Morgan fingerprint density at radius 1 is 0.577 bits per heavy atom. The minimum atomic E-state index is 0.0927. The van der Waals surface area contributed by atoms with Gasteiger partial charge in [-0.2, -0.15) is 0 Å². The van der Waals surface area contributed by atoms with E-state index in [9.17, 15) is 0 Å². The molecule has 2 unspecified atom stereocenters. The summed E-state index contributed by atoms with van der Waals surface area (Å²) in [5.74, 6) is 0.185. The van der Waals surface area contributed by atoms with Crippen molar-refractivity contribution in [2.75, 3.05) is 0 Å². The van der Waals surface area contributed by atoms with Gasteiger partial charge in [0.05, 0.1) is 0 Å². The molecule has 0 heterocycles. The Bertz CT molecular complexity index is 1080. The van der Waals surface area contributed by atoms with Crippen LogP contribution in [0.15, 0.2) is 70.9 Å². The Morgan fingerprint density at radius 2 is 1.00 bits per heavy atom. The van der Waals surface area contributed by atoms with Gasteiger partial charge in [-0.1, -0.05) is 58.8 Å². The van der Waals surface area contributed by atoms with Crippen molar-refractivity contribution in [3.63, 3.8) is 0 Å². The fraction of sp³-hybridized carbons (Fsp3) is 0.100. The minimum Gasteiger partial charge on any atom is -0.0619 e. The molecule has 0 aliphatic heterocycles. The molecule has 3 aliphatic carbocycles. The number of azide groups is 2. The largest absolute Gasteiger partial charge is 0.0619 e. The summed E-state index contributed by atoms with van der Waals surface area (Å²) in [5, 5.41) is 7.55. The van der Waals surface area contributed by atoms with Gasteiger partial charge in [0.15, 0.2) is 0 Å². The van der Waals surface area contributed by atoms with Gasteiger partial charge in [-0.25, -0.2) is 0 Å². The first-order valence-electron chi connectivity index (χ1n) is 8.28. The van der Waals surface area contributed by atoms with Crippen LogP contribution in [-0.2, 0) is 0 Å². The SMILES string of the molecule is [N-]=[N+]=Nc1ccc2c(c1)C1c3ccccc3C2c2cc(N=[N+]=[N-])ccc21. The van der Waals surface area contributed by atoms with E-state index in [1.54, 1.807) is 0 Å². The van der Waals surface area contributed by atoms with Crippen LogP contribution < -0.4 is 0 Å². The molecule has 0 amide bonds. The van der Waals surface area contributed by atoms with Gasteiger partial charge in [0.2, 0.25) is 0 Å². The molecule has 0 fully saturated rings. The quantitative estimate of drug-likeness (QED) is 0.198. The smallest absolute Gasteiger partial charge is 0.0378 e. The number of nitrogens with zero attached hydrogens (tertiary/aromatic N) is 6. The third-order valence-electron chi connectivity index (χ3n) is 5.32. The van der Waals surface area contributed by atoms with E-state index in [1.165, 1.54) is 33.4 Å². The highest BCUT2D eigenvalue weighted by Crippen LogP contribution is 2.56. The van der Waals surface area contributed by atoms with Crippen LogP contribution >= 0.6 is 0 Å². The Labute approximate surface area is 149 Å². The van der Waals surface area contributed by atoms with Crippen molar-refractivity contribution in [1.82, 2.24) is 0 Å². The molecule has 0 aromatic heterocycles. The third-order valence-corrected chi connectivity index (χ3v) is 5.32. The maximum atomic E-state index is 8.77. The second-order valence-corrected chi connectivity index (χ2v) is 6.50. The summed E-state index contributed by atoms with van der Waals surface area (Å²) in [6, 6.07) is 20.3. The Kier molecular flexibility index (Phi) is 3.03. The van der Waals surface area contributed by atoms with Gasteiger partial charge in [-0.05, 0) is 56.6 Å². The van der Waals surface area contributed by atoms with Gasteiger partial charge in [0, 0.05) is 33.0 Å². The fourth-order valence-electron chi connectivity index (χ4n) is 4.42. The van der Waals surface area contributed by atoms with Crippen LogP contribution in [0.1, 0.15) is 45.2 Å². The van der Waals surface area contributed by atoms with Gasteiger partial charge < -0.3 is 0 Å². The van der Waals surface area contributed by atoms with Gasteiger partial charge >= 0.3 is 0 Å². The molecular formula is C20H12N6. The van der Waals surface area contributed by atoms with Crippen LogP contribution in [-0.4, -0.2) is 0 Å². The van der Waals surface area contributed by atoms with Crippen molar-refractivity contribution in [1.29, 1.82) is 0 Å². The highest BCUT2D eigenvalue weighted by molar-refractivity contribution is 5.70. The lowest BCUT2D eigenvalue weighted by molar-refractivity contribution is 0.754. The normalized spacial score (nSPS) is 18.0. The summed E-state index contributed by atoms with van der Waals surface area (Å²) in [5.41, 5.74) is 26.2. The number of hydrogen-bond acceptors (Lipinski definition) is 2. The van der Waals surface area contributed by atoms with Crippen LogP contribution in [0, 0.1) is 0 Å². The first-order valence-corrected chi connectivity index (χ1v) is 8.28. The van der Waals surface area contributed by atoms with Crippen molar-refractivity contribution in [3.8, 4) is 0 Å². The molecule has 6 heteroatoms. The van der Waals surface area contributed by atoms with E-state index in [0.717, 1.165) is 0 Å². The van der Waals surface area contributed by atoms with Crippen molar-refractivity contribution in [2.24, 2.45) is 10.2 Å². The van der Waals surface area contributed by atoms with Crippen LogP contribution in [0.5, 0.6) is 0 Å². The zero-order valence-electron chi connectivity index (χ0n) is 13.6. The standard InChI is InChI=1S/C20H12N6/c21-25-23-11-6-8-16-17(9-11)19-13-3-1-2-4-14(13)20(16)18-10-12(24-26-22)5-7-15(18)19/h1-10,19-20H. The van der Waals surface area contributed by atoms with Crippen molar-refractivity contribution in [2.45, 2.75) is 11.8 Å². The highest BCUT2D eigenvalue weighted by atomic mass is 15.1. The molecular weight excluding hydrogens is 324 g/mol. The van der Waals surface area contributed by atoms with Crippen LogP contribution in [0.25, 0.3) is 20.9 Å². The summed E-state index contributed by atoms with van der Waals surface area (Å²) in [7, 11) is 0. The summed E-state index contributed by atoms with van der Waals surface area (Å²) in [4.78, 5) is 5.83. The number of hydrogen-bond donors (Lipinski definition) is 0. The molecule has 0 N–H and O–H groups in total. The van der Waals surface area contributed by atoms with E-state index in [4.69, 9.17) is 11.1 Å². The van der Waals surface area contributed by atoms with Crippen LogP contribution in [0.4, 0.5) is 11.4 Å². The van der Waals surface area contributed by atoms with Gasteiger partial charge in [0.25, 0.3) is 0 Å². The average Bonchev–Trinajstić information content (AvgIpc) is 2.68. The molecule has 0 spiro atoms. The molecule has 122 valence electrons. The summed E-state index contributed by atoms with van der Waals surface area (Å²) >= 11 is 0. The molecule has 2 atom stereocenters. The van der Waals surface area contributed by atoms with E-state index < -0.39 is 0 Å². The predicted octanol–water partition coefficient (Wildman–Crippen LogP) is 6.56. The molecule has 3 aromatic rings. The topological polar surface area (TPSA) is 97.5 Å². The molecule has 2 bridgehead atoms. The maximum Gasteiger partial charge on any atom is 0.0378 e. The van der Waals surface area contributed by atoms with E-state index in [2.05, 4.69) is 56.5 Å². The van der Waals surface area contributed by atoms with Crippen molar-refractivity contribution >= 4 is 11.4 Å². The molecule has 0 saturated heterocycles. The zero-order chi connectivity index (χ0) is 17.7. The Morgan fingerprint density at radius 3 is 1.42 bits per heavy atom. The number of benzene rings is 3.